The van der Waals surface area contributed by atoms with Crippen LogP contribution >= 0.6 is 0 Å². The summed E-state index contributed by atoms with van der Waals surface area (Å²) in [5, 5.41) is 14.5. The second kappa shape index (κ2) is 5.68. The highest BCUT2D eigenvalue weighted by Crippen LogP contribution is 2.24. The molecule has 0 bridgehead atoms. The Hall–Kier alpha value is -2.96. The fourth-order valence-corrected chi connectivity index (χ4v) is 2.27. The van der Waals surface area contributed by atoms with Gasteiger partial charge in [-0.05, 0) is 38.5 Å². The van der Waals surface area contributed by atoms with Crippen molar-refractivity contribution in [1.29, 1.82) is 0 Å². The molecule has 0 atom stereocenters. The Morgan fingerprint density at radius 2 is 1.96 bits per heavy atom. The highest BCUT2D eigenvalue weighted by Gasteiger charge is 2.16. The first-order valence-electron chi connectivity index (χ1n) is 7.17. The quantitative estimate of drug-likeness (QED) is 0.803. The summed E-state index contributed by atoms with van der Waals surface area (Å²) in [4.78, 5) is 12.1. The van der Waals surface area contributed by atoms with E-state index >= 15 is 0 Å². The summed E-state index contributed by atoms with van der Waals surface area (Å²) in [7, 11) is 1.77. The van der Waals surface area contributed by atoms with E-state index in [2.05, 4.69) is 20.6 Å². The Morgan fingerprint density at radius 3 is 2.61 bits per heavy atom. The predicted molar refractivity (Wildman–Crippen MR) is 85.1 cm³/mol. The molecule has 0 unspecified atom stereocenters. The highest BCUT2D eigenvalue weighted by atomic mass is 16.4. The third-order valence-electron chi connectivity index (χ3n) is 3.60. The molecule has 3 aromatic rings. The van der Waals surface area contributed by atoms with Gasteiger partial charge in [-0.1, -0.05) is 22.8 Å². The zero-order valence-electron chi connectivity index (χ0n) is 13.4. The smallest absolute Gasteiger partial charge is 0.322 e. The average Bonchev–Trinajstić information content (AvgIpc) is 3.07. The molecule has 2 aromatic heterocycles. The van der Waals surface area contributed by atoms with Crippen molar-refractivity contribution in [2.45, 2.75) is 20.8 Å². The van der Waals surface area contributed by atoms with Crippen molar-refractivity contribution in [2.75, 3.05) is 5.32 Å². The first-order chi connectivity index (χ1) is 10.9. The van der Waals surface area contributed by atoms with E-state index in [9.17, 15) is 4.79 Å². The molecule has 0 radical (unpaired) electrons. The van der Waals surface area contributed by atoms with E-state index in [4.69, 9.17) is 4.42 Å². The van der Waals surface area contributed by atoms with Crippen molar-refractivity contribution in [2.24, 2.45) is 7.05 Å². The van der Waals surface area contributed by atoms with E-state index in [0.29, 0.717) is 11.6 Å². The number of benzene rings is 1. The maximum atomic E-state index is 12.1. The van der Waals surface area contributed by atoms with Crippen LogP contribution in [0, 0.1) is 20.8 Å². The molecule has 118 valence electrons. The van der Waals surface area contributed by atoms with Crippen LogP contribution < -0.4 is 5.32 Å². The summed E-state index contributed by atoms with van der Waals surface area (Å²) in [5.41, 5.74) is 4.22. The number of hydrogen-bond acceptors (Lipinski definition) is 5. The first-order valence-corrected chi connectivity index (χ1v) is 7.17. The number of anilines is 1. The van der Waals surface area contributed by atoms with Gasteiger partial charge in [0.15, 0.2) is 5.69 Å². The molecule has 0 aliphatic heterocycles. The van der Waals surface area contributed by atoms with Crippen molar-refractivity contribution >= 4 is 11.9 Å². The minimum atomic E-state index is -0.385. The lowest BCUT2D eigenvalue weighted by Crippen LogP contribution is -2.13. The molecule has 0 aliphatic rings. The highest BCUT2D eigenvalue weighted by molar-refractivity contribution is 6.01. The molecule has 1 aromatic carbocycles. The molecule has 0 fully saturated rings. The summed E-state index contributed by atoms with van der Waals surface area (Å²) in [6.45, 7) is 5.86. The van der Waals surface area contributed by atoms with Gasteiger partial charge in [-0.2, -0.15) is 5.10 Å². The van der Waals surface area contributed by atoms with E-state index in [0.717, 1.165) is 22.4 Å². The Kier molecular flexibility index (Phi) is 3.69. The van der Waals surface area contributed by atoms with Gasteiger partial charge in [0.2, 0.25) is 5.89 Å². The van der Waals surface area contributed by atoms with Gasteiger partial charge in [-0.25, -0.2) is 0 Å². The second-order valence-corrected chi connectivity index (χ2v) is 5.48. The molecule has 0 saturated heterocycles. The topological polar surface area (TPSA) is 85.8 Å². The van der Waals surface area contributed by atoms with E-state index in [1.54, 1.807) is 17.8 Å². The van der Waals surface area contributed by atoms with Gasteiger partial charge in [0.05, 0.1) is 0 Å². The van der Waals surface area contributed by atoms with Gasteiger partial charge in [0, 0.05) is 18.3 Å². The summed E-state index contributed by atoms with van der Waals surface area (Å²) in [6, 6.07) is 7.67. The SMILES string of the molecule is Cc1ccc(-c2nnc(NC(=O)c3cc(C)n(C)n3)o2)c(C)c1. The number of rotatable bonds is 3. The van der Waals surface area contributed by atoms with E-state index in [-0.39, 0.29) is 11.9 Å². The zero-order chi connectivity index (χ0) is 16.6. The maximum absolute atomic E-state index is 12.1. The summed E-state index contributed by atoms with van der Waals surface area (Å²) < 4.78 is 7.16. The largest absolute Gasteiger partial charge is 0.403 e. The number of hydrogen-bond donors (Lipinski definition) is 1. The van der Waals surface area contributed by atoms with Gasteiger partial charge in [-0.15, -0.1) is 5.10 Å². The van der Waals surface area contributed by atoms with Crippen molar-refractivity contribution < 1.29 is 9.21 Å². The van der Waals surface area contributed by atoms with Crippen LogP contribution in [0.4, 0.5) is 6.01 Å². The molecule has 0 saturated carbocycles. The number of aryl methyl sites for hydroxylation is 4. The van der Waals surface area contributed by atoms with Crippen LogP contribution in [0.3, 0.4) is 0 Å². The minimum Gasteiger partial charge on any atom is -0.403 e. The van der Waals surface area contributed by atoms with Gasteiger partial charge in [0.25, 0.3) is 5.91 Å². The lowest BCUT2D eigenvalue weighted by Gasteiger charge is -2.01. The first kappa shape index (κ1) is 15.0. The number of carbonyl (C=O) groups excluding carboxylic acids is 1. The standard InChI is InChI=1S/C16H17N5O2/c1-9-5-6-12(10(2)7-9)15-18-19-16(23-15)17-14(22)13-8-11(3)21(4)20-13/h5-8H,1-4H3,(H,17,19,22). The normalized spacial score (nSPS) is 10.8. The van der Waals surface area contributed by atoms with Crippen LogP contribution in [-0.4, -0.2) is 25.9 Å². The Bertz CT molecular complexity index is 859. The molecular weight excluding hydrogens is 294 g/mol. The molecule has 23 heavy (non-hydrogen) atoms. The fraction of sp³-hybridized carbons (Fsp3) is 0.250. The fourth-order valence-electron chi connectivity index (χ4n) is 2.27. The zero-order valence-corrected chi connectivity index (χ0v) is 13.4. The monoisotopic (exact) mass is 311 g/mol. The lowest BCUT2D eigenvalue weighted by atomic mass is 10.1. The second-order valence-electron chi connectivity index (χ2n) is 5.48. The molecule has 7 heteroatoms. The Balaban J connectivity index is 1.80. The third kappa shape index (κ3) is 2.98. The van der Waals surface area contributed by atoms with Crippen LogP contribution in [0.5, 0.6) is 0 Å². The molecule has 1 N–H and O–H groups in total. The Morgan fingerprint density at radius 1 is 1.17 bits per heavy atom. The predicted octanol–water partition coefficient (Wildman–Crippen LogP) is 2.65. The molecular formula is C16H17N5O2. The summed E-state index contributed by atoms with van der Waals surface area (Å²) in [6.07, 6.45) is 0. The van der Waals surface area contributed by atoms with Crippen LogP contribution in [0.2, 0.25) is 0 Å². The number of nitrogens with zero attached hydrogens (tertiary/aromatic N) is 4. The summed E-state index contributed by atoms with van der Waals surface area (Å²) >= 11 is 0. The molecule has 7 nitrogen and oxygen atoms in total. The van der Waals surface area contributed by atoms with E-state index in [1.165, 1.54) is 0 Å². The number of amides is 1. The van der Waals surface area contributed by atoms with E-state index in [1.807, 2.05) is 39.0 Å². The van der Waals surface area contributed by atoms with Crippen molar-refractivity contribution in [3.05, 3.63) is 46.8 Å². The van der Waals surface area contributed by atoms with Crippen LogP contribution in [0.25, 0.3) is 11.5 Å². The number of carbonyl (C=O) groups is 1. The molecule has 0 aliphatic carbocycles. The molecule has 3 rings (SSSR count). The number of aromatic nitrogens is 4. The van der Waals surface area contributed by atoms with Gasteiger partial charge in [-0.3, -0.25) is 14.8 Å². The third-order valence-corrected chi connectivity index (χ3v) is 3.60. The average molecular weight is 311 g/mol. The van der Waals surface area contributed by atoms with Crippen molar-refractivity contribution in [3.63, 3.8) is 0 Å². The minimum absolute atomic E-state index is 0.0493. The lowest BCUT2D eigenvalue weighted by molar-refractivity contribution is 0.101. The maximum Gasteiger partial charge on any atom is 0.322 e. The van der Waals surface area contributed by atoms with Crippen molar-refractivity contribution in [1.82, 2.24) is 20.0 Å². The van der Waals surface area contributed by atoms with Gasteiger partial charge < -0.3 is 4.42 Å². The van der Waals surface area contributed by atoms with Crippen LogP contribution in [0.1, 0.15) is 27.3 Å². The molecule has 2 heterocycles. The summed E-state index contributed by atoms with van der Waals surface area (Å²) in [5.74, 6) is -0.0143. The molecule has 0 spiro atoms. The van der Waals surface area contributed by atoms with Gasteiger partial charge in [0.1, 0.15) is 0 Å². The number of nitrogens with one attached hydrogen (secondary N) is 1. The van der Waals surface area contributed by atoms with Crippen LogP contribution in [0.15, 0.2) is 28.7 Å². The van der Waals surface area contributed by atoms with Gasteiger partial charge >= 0.3 is 6.01 Å². The van der Waals surface area contributed by atoms with Crippen LogP contribution in [-0.2, 0) is 7.05 Å². The Labute approximate surface area is 133 Å². The van der Waals surface area contributed by atoms with E-state index < -0.39 is 0 Å². The molecule has 1 amide bonds. The van der Waals surface area contributed by atoms with Crippen molar-refractivity contribution in [3.8, 4) is 11.5 Å².